The van der Waals surface area contributed by atoms with E-state index < -0.39 is 0 Å². The standard InChI is InChI=1S/C17H14N3S/c1-10-6-7-19-9-20-11(2)8-18-17(20)12-4-3-5-13-14(12)15(19)16(10)21-13/h3-8H,9H2,1-2H3/q+1. The smallest absolute Gasteiger partial charge is 0.233 e. The second-order valence-electron chi connectivity index (χ2n) is 5.72. The molecule has 102 valence electrons. The number of fused-ring (bicyclic) bond motifs is 2. The lowest BCUT2D eigenvalue weighted by molar-refractivity contribution is -0.675. The number of benzene rings is 1. The predicted octanol–water partition coefficient (Wildman–Crippen LogP) is 3.64. The Morgan fingerprint density at radius 3 is 3.05 bits per heavy atom. The minimum absolute atomic E-state index is 0.832. The van der Waals surface area contributed by atoms with Crippen LogP contribution in [0.3, 0.4) is 0 Å². The fourth-order valence-corrected chi connectivity index (χ4v) is 4.56. The molecule has 3 nitrogen and oxygen atoms in total. The summed E-state index contributed by atoms with van der Waals surface area (Å²) >= 11 is 1.89. The van der Waals surface area contributed by atoms with Gasteiger partial charge in [-0.2, -0.15) is 4.57 Å². The monoisotopic (exact) mass is 292 g/mol. The van der Waals surface area contributed by atoms with Gasteiger partial charge < -0.3 is 0 Å². The van der Waals surface area contributed by atoms with Gasteiger partial charge >= 0.3 is 0 Å². The minimum Gasteiger partial charge on any atom is -0.272 e. The van der Waals surface area contributed by atoms with Crippen molar-refractivity contribution in [3.05, 3.63) is 47.9 Å². The van der Waals surface area contributed by atoms with Gasteiger partial charge in [0.15, 0.2) is 6.20 Å². The van der Waals surface area contributed by atoms with E-state index in [1.54, 1.807) is 0 Å². The number of aryl methyl sites for hydroxylation is 2. The first-order valence-electron chi connectivity index (χ1n) is 7.11. The predicted molar refractivity (Wildman–Crippen MR) is 85.6 cm³/mol. The van der Waals surface area contributed by atoms with Crippen molar-refractivity contribution in [2.75, 3.05) is 0 Å². The van der Waals surface area contributed by atoms with Gasteiger partial charge in [0.25, 0.3) is 0 Å². The van der Waals surface area contributed by atoms with Crippen molar-refractivity contribution in [1.29, 1.82) is 0 Å². The van der Waals surface area contributed by atoms with E-state index in [1.807, 2.05) is 17.5 Å². The van der Waals surface area contributed by atoms with E-state index in [0.717, 1.165) is 12.5 Å². The van der Waals surface area contributed by atoms with Crippen molar-refractivity contribution < 1.29 is 4.57 Å². The molecule has 4 heterocycles. The third-order valence-corrected chi connectivity index (χ3v) is 5.71. The van der Waals surface area contributed by atoms with Gasteiger partial charge in [0, 0.05) is 28.2 Å². The largest absolute Gasteiger partial charge is 0.272 e. The van der Waals surface area contributed by atoms with Crippen LogP contribution in [0.4, 0.5) is 0 Å². The van der Waals surface area contributed by atoms with Crippen molar-refractivity contribution in [3.8, 4) is 11.4 Å². The normalized spacial score (nSPS) is 13.0. The van der Waals surface area contributed by atoms with Crippen molar-refractivity contribution >= 4 is 31.6 Å². The molecule has 0 spiro atoms. The van der Waals surface area contributed by atoms with E-state index in [0.29, 0.717) is 0 Å². The van der Waals surface area contributed by atoms with Crippen LogP contribution in [-0.4, -0.2) is 9.55 Å². The second-order valence-corrected chi connectivity index (χ2v) is 6.77. The first kappa shape index (κ1) is 11.5. The Morgan fingerprint density at radius 1 is 1.24 bits per heavy atom. The zero-order chi connectivity index (χ0) is 14.1. The molecule has 0 atom stereocenters. The zero-order valence-electron chi connectivity index (χ0n) is 11.9. The highest BCUT2D eigenvalue weighted by molar-refractivity contribution is 7.26. The summed E-state index contributed by atoms with van der Waals surface area (Å²) in [7, 11) is 0. The number of hydrogen-bond donors (Lipinski definition) is 0. The molecule has 0 radical (unpaired) electrons. The topological polar surface area (TPSA) is 21.7 Å². The first-order chi connectivity index (χ1) is 10.2. The van der Waals surface area contributed by atoms with E-state index in [1.165, 1.54) is 37.1 Å². The molecule has 0 fully saturated rings. The van der Waals surface area contributed by atoms with Crippen LogP contribution in [-0.2, 0) is 6.67 Å². The molecule has 1 aromatic carbocycles. The van der Waals surface area contributed by atoms with Gasteiger partial charge in [0.2, 0.25) is 12.2 Å². The van der Waals surface area contributed by atoms with Crippen LogP contribution in [0.5, 0.6) is 0 Å². The number of thiophene rings is 1. The number of pyridine rings is 1. The van der Waals surface area contributed by atoms with Gasteiger partial charge in [-0.3, -0.25) is 4.57 Å². The first-order valence-corrected chi connectivity index (χ1v) is 7.92. The van der Waals surface area contributed by atoms with Crippen molar-refractivity contribution in [2.24, 2.45) is 0 Å². The number of nitrogens with zero attached hydrogens (tertiary/aromatic N) is 3. The molecule has 1 aliphatic heterocycles. The lowest BCUT2D eigenvalue weighted by atomic mass is 10.1. The lowest BCUT2D eigenvalue weighted by Crippen LogP contribution is -2.37. The summed E-state index contributed by atoms with van der Waals surface area (Å²) in [6.07, 6.45) is 4.17. The van der Waals surface area contributed by atoms with Gasteiger partial charge in [-0.15, -0.1) is 11.3 Å². The number of aromatic nitrogens is 3. The van der Waals surface area contributed by atoms with Crippen molar-refractivity contribution in [2.45, 2.75) is 20.5 Å². The van der Waals surface area contributed by atoms with Gasteiger partial charge in [-0.05, 0) is 25.5 Å². The fourth-order valence-electron chi connectivity index (χ4n) is 3.34. The Kier molecular flexibility index (Phi) is 2.02. The van der Waals surface area contributed by atoms with Gasteiger partial charge in [0.1, 0.15) is 10.5 Å². The summed E-state index contributed by atoms with van der Waals surface area (Å²) in [5.74, 6) is 1.08. The summed E-state index contributed by atoms with van der Waals surface area (Å²) in [6.45, 7) is 5.16. The summed E-state index contributed by atoms with van der Waals surface area (Å²) in [4.78, 5) is 4.67. The van der Waals surface area contributed by atoms with Gasteiger partial charge in [-0.1, -0.05) is 12.1 Å². The van der Waals surface area contributed by atoms with E-state index in [9.17, 15) is 0 Å². The number of hydrogen-bond acceptors (Lipinski definition) is 2. The quantitative estimate of drug-likeness (QED) is 0.399. The van der Waals surface area contributed by atoms with E-state index in [4.69, 9.17) is 0 Å². The SMILES string of the molecule is Cc1cc[n+]2c3c1sc1cccc(c13)-c1ncc(C)n1C2. The Balaban J connectivity index is 2.11. The van der Waals surface area contributed by atoms with Crippen LogP contribution in [0.1, 0.15) is 11.3 Å². The Labute approximate surface area is 126 Å². The molecule has 5 rings (SSSR count). The molecule has 0 unspecified atom stereocenters. The summed E-state index contributed by atoms with van der Waals surface area (Å²) in [5, 5.41) is 1.35. The molecule has 0 amide bonds. The van der Waals surface area contributed by atoms with Crippen molar-refractivity contribution in [1.82, 2.24) is 9.55 Å². The average molecular weight is 292 g/mol. The molecule has 0 bridgehead atoms. The number of rotatable bonds is 0. The van der Waals surface area contributed by atoms with E-state index in [2.05, 4.69) is 58.4 Å². The Bertz CT molecular complexity index is 1040. The molecule has 21 heavy (non-hydrogen) atoms. The molecule has 4 aromatic rings. The molecule has 4 heteroatoms. The Hall–Kier alpha value is -2.20. The van der Waals surface area contributed by atoms with Crippen LogP contribution in [0.2, 0.25) is 0 Å². The second kappa shape index (κ2) is 3.71. The molecule has 0 N–H and O–H groups in total. The fraction of sp³-hybridized carbons (Fsp3) is 0.176. The van der Waals surface area contributed by atoms with Crippen LogP contribution >= 0.6 is 11.3 Å². The number of imidazole rings is 1. The molecule has 3 aromatic heterocycles. The summed E-state index contributed by atoms with van der Waals surface area (Å²) in [6, 6.07) is 8.78. The van der Waals surface area contributed by atoms with E-state index in [-0.39, 0.29) is 0 Å². The molecule has 0 aliphatic carbocycles. The Morgan fingerprint density at radius 2 is 2.14 bits per heavy atom. The van der Waals surface area contributed by atoms with Crippen molar-refractivity contribution in [3.63, 3.8) is 0 Å². The highest BCUT2D eigenvalue weighted by Gasteiger charge is 2.27. The molecule has 1 aliphatic rings. The third kappa shape index (κ3) is 1.33. The maximum absolute atomic E-state index is 4.67. The van der Waals surface area contributed by atoms with Gasteiger partial charge in [0.05, 0.1) is 5.39 Å². The van der Waals surface area contributed by atoms with Crippen LogP contribution < -0.4 is 4.57 Å². The maximum atomic E-state index is 4.67. The van der Waals surface area contributed by atoms with Crippen LogP contribution in [0.15, 0.2) is 36.7 Å². The van der Waals surface area contributed by atoms with Gasteiger partial charge in [-0.25, -0.2) is 4.98 Å². The highest BCUT2D eigenvalue weighted by Crippen LogP contribution is 2.40. The molecular weight excluding hydrogens is 278 g/mol. The molecule has 0 saturated heterocycles. The maximum Gasteiger partial charge on any atom is 0.233 e. The zero-order valence-corrected chi connectivity index (χ0v) is 12.7. The van der Waals surface area contributed by atoms with E-state index >= 15 is 0 Å². The molecular formula is C17H14N3S+. The summed E-state index contributed by atoms with van der Waals surface area (Å²) < 4.78 is 7.40. The minimum atomic E-state index is 0.832. The lowest BCUT2D eigenvalue weighted by Gasteiger charge is -2.05. The average Bonchev–Trinajstić information content (AvgIpc) is 3.00. The highest BCUT2D eigenvalue weighted by atomic mass is 32.1. The van der Waals surface area contributed by atoms with Crippen LogP contribution in [0.25, 0.3) is 31.7 Å². The summed E-state index contributed by atoms with van der Waals surface area (Å²) in [5.41, 5.74) is 5.17. The third-order valence-electron chi connectivity index (χ3n) is 4.43. The van der Waals surface area contributed by atoms with Crippen LogP contribution in [0, 0.1) is 13.8 Å². The molecule has 0 saturated carbocycles.